The normalized spacial score (nSPS) is 18.7. The fourth-order valence-electron chi connectivity index (χ4n) is 8.32. The molecule has 2 saturated carbocycles. The molecule has 2 aromatic heterocycles. The Balaban J connectivity index is 1.12. The summed E-state index contributed by atoms with van der Waals surface area (Å²) in [4.78, 5) is 36.6. The first-order valence-corrected chi connectivity index (χ1v) is 19.2. The third-order valence-electron chi connectivity index (χ3n) is 11.3. The lowest BCUT2D eigenvalue weighted by Crippen LogP contribution is -2.21. The molecule has 9 nitrogen and oxygen atoms in total. The van der Waals surface area contributed by atoms with Gasteiger partial charge in [0.15, 0.2) is 5.69 Å². The molecule has 0 aliphatic heterocycles. The van der Waals surface area contributed by atoms with Crippen LogP contribution >= 0.6 is 11.6 Å². The van der Waals surface area contributed by atoms with E-state index in [0.717, 1.165) is 59.2 Å². The number of ether oxygens (including phenoxy) is 2. The lowest BCUT2D eigenvalue weighted by molar-refractivity contribution is -0.143. The maximum atomic E-state index is 14.5. The van der Waals surface area contributed by atoms with E-state index >= 15 is 0 Å². The predicted molar refractivity (Wildman–Crippen MR) is 201 cm³/mol. The van der Waals surface area contributed by atoms with Crippen LogP contribution in [-0.2, 0) is 41.6 Å². The predicted octanol–water partition coefficient (Wildman–Crippen LogP) is 8.67. The summed E-state index contributed by atoms with van der Waals surface area (Å²) in [5.41, 5.74) is 4.67. The van der Waals surface area contributed by atoms with Gasteiger partial charge in [0, 0.05) is 36.1 Å². The number of fused-ring (bicyclic) bond motifs is 1. The molecular formula is C42H44ClF3N4O5. The summed E-state index contributed by atoms with van der Waals surface area (Å²) in [5, 5.41) is 13.6. The number of halogens is 4. The molecule has 290 valence electrons. The molecule has 13 heteroatoms. The van der Waals surface area contributed by atoms with Crippen molar-refractivity contribution >= 4 is 23.4 Å². The second-order valence-corrected chi connectivity index (χ2v) is 15.3. The van der Waals surface area contributed by atoms with E-state index in [2.05, 4.69) is 15.3 Å². The molecule has 0 radical (unpaired) electrons. The number of carbonyl (C=O) groups excluding carboxylic acids is 1. The smallest absolute Gasteiger partial charge is 0.435 e. The van der Waals surface area contributed by atoms with Crippen molar-refractivity contribution < 1.29 is 37.3 Å². The van der Waals surface area contributed by atoms with Crippen molar-refractivity contribution in [2.75, 3.05) is 20.8 Å². The van der Waals surface area contributed by atoms with E-state index in [0.29, 0.717) is 60.5 Å². The third kappa shape index (κ3) is 8.50. The van der Waals surface area contributed by atoms with Crippen LogP contribution in [0.2, 0.25) is 5.02 Å². The fraction of sp³-hybridized carbons (Fsp3) is 0.452. The highest BCUT2D eigenvalue weighted by atomic mass is 35.5. The van der Waals surface area contributed by atoms with E-state index < -0.39 is 23.8 Å². The molecule has 0 amide bonds. The number of hydrogen-bond acceptors (Lipinski definition) is 8. The van der Waals surface area contributed by atoms with Gasteiger partial charge in [0.25, 0.3) is 0 Å². The minimum Gasteiger partial charge on any atom is -0.481 e. The molecule has 7 rings (SSSR count). The molecule has 0 saturated heterocycles. The van der Waals surface area contributed by atoms with E-state index in [-0.39, 0.29) is 48.4 Å². The molecule has 2 fully saturated rings. The molecule has 4 aromatic rings. The Morgan fingerprint density at radius 3 is 2.36 bits per heavy atom. The zero-order valence-corrected chi connectivity index (χ0v) is 31.6. The Morgan fingerprint density at radius 2 is 1.67 bits per heavy atom. The number of Topliss-reactive ketones (excluding diaryl/α,β-unsaturated/α-hetero) is 1. The fourth-order valence-corrected chi connectivity index (χ4v) is 8.64. The number of carboxylic acids is 1. The number of ketones is 1. The molecule has 3 aliphatic carbocycles. The Hall–Kier alpha value is -4.55. The van der Waals surface area contributed by atoms with E-state index in [1.807, 2.05) is 48.5 Å². The van der Waals surface area contributed by atoms with Crippen molar-refractivity contribution in [1.29, 1.82) is 0 Å². The topological polar surface area (TPSA) is 124 Å². The SMILES string of the molecule is COc1nc(-c2cccc(-c3cccc4c3CC[C@@H]4Cc3nc(OC)c(CC[C@H](C(=O)O)C4CC4)nc3C(F)(F)F)c2Cl)ccc1CNC[C@@H]1CCC(=O)C1. The number of aromatic nitrogens is 3. The second kappa shape index (κ2) is 16.3. The molecular weight excluding hydrogens is 733 g/mol. The average molecular weight is 777 g/mol. The van der Waals surface area contributed by atoms with Gasteiger partial charge in [-0.3, -0.25) is 9.59 Å². The van der Waals surface area contributed by atoms with Crippen LogP contribution in [0.3, 0.4) is 0 Å². The van der Waals surface area contributed by atoms with Gasteiger partial charge in [-0.25, -0.2) is 15.0 Å². The van der Waals surface area contributed by atoms with Crippen LogP contribution in [0.15, 0.2) is 48.5 Å². The number of nitrogens with one attached hydrogen (secondary N) is 1. The minimum absolute atomic E-state index is 0.00481. The number of nitrogens with zero attached hydrogens (tertiary/aromatic N) is 3. The first-order valence-electron chi connectivity index (χ1n) is 18.9. The number of pyridine rings is 1. The highest BCUT2D eigenvalue weighted by Crippen LogP contribution is 2.45. The maximum absolute atomic E-state index is 14.5. The Bertz CT molecular complexity index is 2090. The number of rotatable bonds is 15. The quantitative estimate of drug-likeness (QED) is 0.122. The number of hydrogen-bond donors (Lipinski definition) is 2. The van der Waals surface area contributed by atoms with Gasteiger partial charge in [-0.05, 0) is 98.4 Å². The summed E-state index contributed by atoms with van der Waals surface area (Å²) >= 11 is 7.14. The molecule has 3 atom stereocenters. The zero-order valence-electron chi connectivity index (χ0n) is 30.8. The second-order valence-electron chi connectivity index (χ2n) is 14.9. The number of carbonyl (C=O) groups is 2. The standard InChI is InChI=1S/C42H44ClF3N4O5/c1-54-39-26(22-47-21-23-9-14-27(51)19-23)13-17-34(49-39)33-8-4-7-32(37(33)43)30-6-3-5-28-25(12-15-31(28)30)20-36-38(42(44,45)46)48-35(40(50-36)55-2)18-16-29(41(52)53)24-10-11-24/h3-8,13,17,23-25,29,47H,9-12,14-16,18-22H2,1-2H3,(H,52,53)/t23-,25-,29+/m1/s1. The summed E-state index contributed by atoms with van der Waals surface area (Å²) in [5.74, 6) is -0.640. The first-order chi connectivity index (χ1) is 26.4. The van der Waals surface area contributed by atoms with Gasteiger partial charge in [0.1, 0.15) is 11.5 Å². The molecule has 0 spiro atoms. The Kier molecular flexibility index (Phi) is 11.5. The van der Waals surface area contributed by atoms with Crippen LogP contribution in [0.25, 0.3) is 22.4 Å². The molecule has 2 aromatic carbocycles. The van der Waals surface area contributed by atoms with Crippen molar-refractivity contribution in [2.24, 2.45) is 17.8 Å². The molecule has 2 heterocycles. The molecule has 2 N–H and O–H groups in total. The lowest BCUT2D eigenvalue weighted by atomic mass is 9.91. The van der Waals surface area contributed by atoms with Crippen LogP contribution in [0.1, 0.15) is 84.6 Å². The monoisotopic (exact) mass is 776 g/mol. The maximum Gasteiger partial charge on any atom is 0.435 e. The summed E-state index contributed by atoms with van der Waals surface area (Å²) in [7, 11) is 2.92. The van der Waals surface area contributed by atoms with E-state index in [9.17, 15) is 27.9 Å². The van der Waals surface area contributed by atoms with Gasteiger partial charge < -0.3 is 19.9 Å². The molecule has 0 bridgehead atoms. The van der Waals surface area contributed by atoms with Crippen molar-refractivity contribution in [1.82, 2.24) is 20.3 Å². The van der Waals surface area contributed by atoms with E-state index in [4.69, 9.17) is 26.1 Å². The van der Waals surface area contributed by atoms with Gasteiger partial charge in [0.2, 0.25) is 11.8 Å². The Labute approximate surface area is 323 Å². The molecule has 3 aliphatic rings. The van der Waals surface area contributed by atoms with Crippen molar-refractivity contribution in [3.63, 3.8) is 0 Å². The molecule has 55 heavy (non-hydrogen) atoms. The number of aryl methyl sites for hydroxylation is 1. The van der Waals surface area contributed by atoms with Crippen molar-refractivity contribution in [3.8, 4) is 34.1 Å². The van der Waals surface area contributed by atoms with E-state index in [1.165, 1.54) is 7.11 Å². The van der Waals surface area contributed by atoms with Crippen LogP contribution in [0, 0.1) is 17.8 Å². The third-order valence-corrected chi connectivity index (χ3v) is 11.7. The van der Waals surface area contributed by atoms with Gasteiger partial charge >= 0.3 is 12.1 Å². The first kappa shape index (κ1) is 38.7. The van der Waals surface area contributed by atoms with E-state index in [1.54, 1.807) is 7.11 Å². The van der Waals surface area contributed by atoms with Gasteiger partial charge in [-0.15, -0.1) is 0 Å². The van der Waals surface area contributed by atoms with Gasteiger partial charge in [-0.1, -0.05) is 54.1 Å². The highest BCUT2D eigenvalue weighted by Gasteiger charge is 2.40. The lowest BCUT2D eigenvalue weighted by Gasteiger charge is -2.19. The minimum atomic E-state index is -4.76. The average Bonchev–Trinajstić information content (AvgIpc) is 3.78. The highest BCUT2D eigenvalue weighted by molar-refractivity contribution is 6.36. The summed E-state index contributed by atoms with van der Waals surface area (Å²) in [6, 6.07) is 15.5. The van der Waals surface area contributed by atoms with Crippen molar-refractivity contribution in [3.05, 3.63) is 87.3 Å². The summed E-state index contributed by atoms with van der Waals surface area (Å²) in [6.45, 7) is 1.30. The van der Waals surface area contributed by atoms with Crippen LogP contribution in [0.5, 0.6) is 11.8 Å². The number of benzene rings is 2. The molecule has 0 unspecified atom stereocenters. The van der Waals surface area contributed by atoms with Crippen LogP contribution < -0.4 is 14.8 Å². The van der Waals surface area contributed by atoms with Crippen LogP contribution in [0.4, 0.5) is 13.2 Å². The number of aliphatic carboxylic acids is 1. The summed E-state index contributed by atoms with van der Waals surface area (Å²) in [6.07, 6.45) is 0.492. The zero-order chi connectivity index (χ0) is 38.9. The number of methoxy groups -OCH3 is 2. The van der Waals surface area contributed by atoms with Crippen molar-refractivity contribution in [2.45, 2.75) is 82.8 Å². The largest absolute Gasteiger partial charge is 0.481 e. The van der Waals surface area contributed by atoms with Crippen LogP contribution in [-0.4, -0.2) is 52.6 Å². The summed E-state index contributed by atoms with van der Waals surface area (Å²) < 4.78 is 54.7. The number of alkyl halides is 3. The van der Waals surface area contributed by atoms with Gasteiger partial charge in [0.05, 0.1) is 36.5 Å². The number of carboxylic acid groups (broad SMARTS) is 1. The Morgan fingerprint density at radius 1 is 0.927 bits per heavy atom. The van der Waals surface area contributed by atoms with Gasteiger partial charge in [-0.2, -0.15) is 13.2 Å².